The van der Waals surface area contributed by atoms with Crippen LogP contribution in [0, 0.1) is 6.92 Å². The molecule has 0 saturated carbocycles. The van der Waals surface area contributed by atoms with E-state index in [9.17, 15) is 4.79 Å². The summed E-state index contributed by atoms with van der Waals surface area (Å²) in [6, 6.07) is 8.32. The lowest BCUT2D eigenvalue weighted by Crippen LogP contribution is -2.34. The SMILES string of the molecule is C/C(=C/c1ccc(C(=O)O)s1)c1cc2c(cc1C)C(C)(C)CCC2(C)C. The maximum atomic E-state index is 11.1. The lowest BCUT2D eigenvalue weighted by atomic mass is 9.62. The van der Waals surface area contributed by atoms with E-state index < -0.39 is 5.97 Å². The van der Waals surface area contributed by atoms with Crippen LogP contribution < -0.4 is 0 Å². The highest BCUT2D eigenvalue weighted by atomic mass is 32.1. The zero-order valence-electron chi connectivity index (χ0n) is 16.6. The molecule has 0 bridgehead atoms. The van der Waals surface area contributed by atoms with Gasteiger partial charge < -0.3 is 5.11 Å². The number of thiophene rings is 1. The third-order valence-electron chi connectivity index (χ3n) is 5.82. The van der Waals surface area contributed by atoms with Gasteiger partial charge in [-0.05, 0) is 83.6 Å². The molecule has 0 saturated heterocycles. The summed E-state index contributed by atoms with van der Waals surface area (Å²) in [6.07, 6.45) is 4.52. The van der Waals surface area contributed by atoms with Crippen LogP contribution in [0.4, 0.5) is 0 Å². The maximum absolute atomic E-state index is 11.1. The average Bonchev–Trinajstić information content (AvgIpc) is 3.00. The van der Waals surface area contributed by atoms with Crippen molar-refractivity contribution in [3.63, 3.8) is 0 Å². The minimum Gasteiger partial charge on any atom is -0.477 e. The first-order valence-corrected chi connectivity index (χ1v) is 10.0. The predicted octanol–water partition coefficient (Wildman–Crippen LogP) is 6.66. The van der Waals surface area contributed by atoms with Gasteiger partial charge in [-0.25, -0.2) is 4.79 Å². The number of carbonyl (C=O) groups is 1. The molecule has 1 aliphatic rings. The second-order valence-corrected chi connectivity index (χ2v) is 9.93. The van der Waals surface area contributed by atoms with Gasteiger partial charge in [0.1, 0.15) is 4.88 Å². The Morgan fingerprint density at radius 2 is 1.65 bits per heavy atom. The van der Waals surface area contributed by atoms with Crippen LogP contribution in [-0.2, 0) is 10.8 Å². The van der Waals surface area contributed by atoms with Crippen LogP contribution in [0.5, 0.6) is 0 Å². The molecule has 2 aromatic rings. The Labute approximate surface area is 160 Å². The molecular formula is C23H28O2S. The van der Waals surface area contributed by atoms with Gasteiger partial charge in [0.15, 0.2) is 0 Å². The molecule has 1 heterocycles. The lowest BCUT2D eigenvalue weighted by molar-refractivity contribution is 0.0702. The smallest absolute Gasteiger partial charge is 0.345 e. The molecule has 1 aromatic carbocycles. The molecular weight excluding hydrogens is 340 g/mol. The van der Waals surface area contributed by atoms with Crippen LogP contribution >= 0.6 is 11.3 Å². The van der Waals surface area contributed by atoms with Gasteiger partial charge in [0.25, 0.3) is 0 Å². The summed E-state index contributed by atoms with van der Waals surface area (Å²) in [4.78, 5) is 12.5. The highest BCUT2D eigenvalue weighted by Gasteiger charge is 2.37. The van der Waals surface area contributed by atoms with Crippen molar-refractivity contribution < 1.29 is 9.90 Å². The number of aryl methyl sites for hydroxylation is 1. The molecule has 1 aliphatic carbocycles. The van der Waals surface area contributed by atoms with E-state index >= 15 is 0 Å². The number of carboxylic acids is 1. The summed E-state index contributed by atoms with van der Waals surface area (Å²) in [5.41, 5.74) is 7.08. The van der Waals surface area contributed by atoms with Crippen molar-refractivity contribution in [1.29, 1.82) is 0 Å². The molecule has 26 heavy (non-hydrogen) atoms. The molecule has 0 atom stereocenters. The zero-order chi connectivity index (χ0) is 19.3. The highest BCUT2D eigenvalue weighted by molar-refractivity contribution is 7.14. The second-order valence-electron chi connectivity index (χ2n) is 8.81. The standard InChI is InChI=1S/C23H28O2S/c1-14(11-16-7-8-20(26-16)21(24)25)17-13-19-18(12-15(17)2)22(3,4)9-10-23(19,5)6/h7-8,11-13H,9-10H2,1-6H3,(H,24,25)/b14-11-. The first-order valence-electron chi connectivity index (χ1n) is 9.19. The molecule has 3 rings (SSSR count). The Hall–Kier alpha value is -1.87. The first-order chi connectivity index (χ1) is 12.0. The van der Waals surface area contributed by atoms with E-state index in [0.717, 1.165) is 4.88 Å². The summed E-state index contributed by atoms with van der Waals surface area (Å²) in [5.74, 6) is -0.860. The molecule has 1 N–H and O–H groups in total. The van der Waals surface area contributed by atoms with Crippen molar-refractivity contribution in [2.24, 2.45) is 0 Å². The summed E-state index contributed by atoms with van der Waals surface area (Å²) >= 11 is 1.32. The molecule has 0 aliphatic heterocycles. The van der Waals surface area contributed by atoms with E-state index in [4.69, 9.17) is 5.11 Å². The lowest BCUT2D eigenvalue weighted by Gasteiger charge is -2.42. The van der Waals surface area contributed by atoms with Gasteiger partial charge in [-0.2, -0.15) is 0 Å². The number of carboxylic acid groups (broad SMARTS) is 1. The fourth-order valence-corrected chi connectivity index (χ4v) is 4.83. The van der Waals surface area contributed by atoms with Gasteiger partial charge in [-0.1, -0.05) is 39.8 Å². The second kappa shape index (κ2) is 6.38. The monoisotopic (exact) mass is 368 g/mol. The molecule has 0 amide bonds. The van der Waals surface area contributed by atoms with Crippen LogP contribution in [0.2, 0.25) is 0 Å². The highest BCUT2D eigenvalue weighted by Crippen LogP contribution is 2.47. The number of aromatic carboxylic acids is 1. The number of benzene rings is 1. The van der Waals surface area contributed by atoms with Crippen molar-refractivity contribution in [3.8, 4) is 0 Å². The molecule has 0 spiro atoms. The number of rotatable bonds is 3. The van der Waals surface area contributed by atoms with Crippen molar-refractivity contribution in [2.45, 2.75) is 65.2 Å². The van der Waals surface area contributed by atoms with E-state index in [-0.39, 0.29) is 10.8 Å². The summed E-state index contributed by atoms with van der Waals surface area (Å²) in [5, 5.41) is 9.12. The van der Waals surface area contributed by atoms with Crippen molar-refractivity contribution in [3.05, 3.63) is 56.3 Å². The van der Waals surface area contributed by atoms with Crippen LogP contribution in [0.15, 0.2) is 24.3 Å². The van der Waals surface area contributed by atoms with Gasteiger partial charge in [0, 0.05) is 4.88 Å². The Morgan fingerprint density at radius 1 is 1.08 bits per heavy atom. The van der Waals surface area contributed by atoms with Crippen LogP contribution in [0.1, 0.15) is 84.3 Å². The van der Waals surface area contributed by atoms with Crippen molar-refractivity contribution in [2.75, 3.05) is 0 Å². The topological polar surface area (TPSA) is 37.3 Å². The number of hydrogen-bond donors (Lipinski definition) is 1. The first kappa shape index (κ1) is 18.9. The fraction of sp³-hybridized carbons (Fsp3) is 0.435. The molecule has 3 heteroatoms. The van der Waals surface area contributed by atoms with E-state index in [0.29, 0.717) is 4.88 Å². The van der Waals surface area contributed by atoms with Crippen molar-refractivity contribution in [1.82, 2.24) is 0 Å². The molecule has 138 valence electrons. The third-order valence-corrected chi connectivity index (χ3v) is 6.84. The quantitative estimate of drug-likeness (QED) is 0.657. The maximum Gasteiger partial charge on any atom is 0.345 e. The van der Waals surface area contributed by atoms with E-state index in [1.165, 1.54) is 52.0 Å². The molecule has 1 aromatic heterocycles. The molecule has 2 nitrogen and oxygen atoms in total. The normalized spacial score (nSPS) is 18.5. The van der Waals surface area contributed by atoms with E-state index in [2.05, 4.69) is 59.8 Å². The Morgan fingerprint density at radius 3 is 2.19 bits per heavy atom. The number of fused-ring (bicyclic) bond motifs is 1. The number of hydrogen-bond acceptors (Lipinski definition) is 2. The van der Waals surface area contributed by atoms with Gasteiger partial charge in [0.2, 0.25) is 0 Å². The third kappa shape index (κ3) is 3.37. The summed E-state index contributed by atoms with van der Waals surface area (Å²) < 4.78 is 0. The largest absolute Gasteiger partial charge is 0.477 e. The van der Waals surface area contributed by atoms with Crippen LogP contribution in [-0.4, -0.2) is 11.1 Å². The Kier molecular flexibility index (Phi) is 4.64. The Balaban J connectivity index is 2.08. The number of allylic oxidation sites excluding steroid dienone is 1. The summed E-state index contributed by atoms with van der Waals surface area (Å²) in [6.45, 7) is 13.7. The van der Waals surface area contributed by atoms with Crippen molar-refractivity contribution >= 4 is 29.0 Å². The summed E-state index contributed by atoms with van der Waals surface area (Å²) in [7, 11) is 0. The van der Waals surface area contributed by atoms with Gasteiger partial charge >= 0.3 is 5.97 Å². The van der Waals surface area contributed by atoms with Crippen LogP contribution in [0.25, 0.3) is 11.6 Å². The minimum atomic E-state index is -0.860. The van der Waals surface area contributed by atoms with Gasteiger partial charge in [0.05, 0.1) is 0 Å². The van der Waals surface area contributed by atoms with Gasteiger partial charge in [-0.3, -0.25) is 0 Å². The molecule has 0 radical (unpaired) electrons. The predicted molar refractivity (Wildman–Crippen MR) is 111 cm³/mol. The molecule has 0 fully saturated rings. The van der Waals surface area contributed by atoms with E-state index in [1.54, 1.807) is 6.07 Å². The van der Waals surface area contributed by atoms with E-state index in [1.807, 2.05) is 6.07 Å². The fourth-order valence-electron chi connectivity index (χ4n) is 3.98. The minimum absolute atomic E-state index is 0.187. The zero-order valence-corrected chi connectivity index (χ0v) is 17.4. The Bertz CT molecular complexity index is 897. The molecule has 0 unspecified atom stereocenters. The van der Waals surface area contributed by atoms with Crippen LogP contribution in [0.3, 0.4) is 0 Å². The average molecular weight is 369 g/mol. The van der Waals surface area contributed by atoms with Gasteiger partial charge in [-0.15, -0.1) is 11.3 Å².